The molecule has 0 aromatic heterocycles. The average molecular weight is 364 g/mol. The third-order valence-electron chi connectivity index (χ3n) is 5.52. The Morgan fingerprint density at radius 3 is 2.30 bits per heavy atom. The van der Waals surface area contributed by atoms with E-state index in [9.17, 15) is 9.59 Å². The largest absolute Gasteiger partial charge is 0.341 e. The molecule has 4 nitrogen and oxygen atoms in total. The fourth-order valence-electron chi connectivity index (χ4n) is 3.63. The Balaban J connectivity index is 1.55. The maximum absolute atomic E-state index is 12.8. The molecule has 1 aliphatic heterocycles. The van der Waals surface area contributed by atoms with Gasteiger partial charge in [-0.2, -0.15) is 0 Å². The molecule has 2 amide bonds. The number of carbonyl (C=O) groups is 2. The molecule has 0 unspecified atom stereocenters. The van der Waals surface area contributed by atoms with Crippen LogP contribution in [-0.2, 0) is 11.3 Å². The van der Waals surface area contributed by atoms with Gasteiger partial charge in [-0.25, -0.2) is 0 Å². The highest BCUT2D eigenvalue weighted by Gasteiger charge is 2.29. The number of aryl methyl sites for hydroxylation is 2. The molecule has 4 heteroatoms. The molecule has 1 aliphatic rings. The van der Waals surface area contributed by atoms with Crippen molar-refractivity contribution in [3.8, 4) is 0 Å². The zero-order valence-electron chi connectivity index (χ0n) is 16.4. The van der Waals surface area contributed by atoms with Crippen LogP contribution in [0.15, 0.2) is 48.5 Å². The summed E-state index contributed by atoms with van der Waals surface area (Å²) >= 11 is 0. The van der Waals surface area contributed by atoms with E-state index in [1.54, 1.807) is 4.90 Å². The Labute approximate surface area is 161 Å². The van der Waals surface area contributed by atoms with Crippen LogP contribution in [0, 0.1) is 19.8 Å². The molecule has 0 bridgehead atoms. The molecule has 1 saturated heterocycles. The van der Waals surface area contributed by atoms with E-state index in [4.69, 9.17) is 0 Å². The number of hydrogen-bond acceptors (Lipinski definition) is 2. The minimum Gasteiger partial charge on any atom is -0.341 e. The predicted molar refractivity (Wildman–Crippen MR) is 107 cm³/mol. The van der Waals surface area contributed by atoms with E-state index in [-0.39, 0.29) is 17.7 Å². The Kier molecular flexibility index (Phi) is 5.94. The van der Waals surface area contributed by atoms with Crippen molar-refractivity contribution in [3.05, 3.63) is 70.8 Å². The number of carbonyl (C=O) groups excluding carboxylic acids is 2. The van der Waals surface area contributed by atoms with E-state index in [2.05, 4.69) is 0 Å². The summed E-state index contributed by atoms with van der Waals surface area (Å²) in [5.74, 6) is 0.251. The number of nitrogens with zero attached hydrogens (tertiary/aromatic N) is 2. The van der Waals surface area contributed by atoms with Gasteiger partial charge in [0.1, 0.15) is 0 Å². The molecule has 27 heavy (non-hydrogen) atoms. The molecular formula is C23H28N2O2. The molecule has 2 aromatic rings. The fraction of sp³-hybridized carbons (Fsp3) is 0.391. The summed E-state index contributed by atoms with van der Waals surface area (Å²) in [6.45, 7) is 5.98. The summed E-state index contributed by atoms with van der Waals surface area (Å²) in [6, 6.07) is 15.9. The topological polar surface area (TPSA) is 40.6 Å². The van der Waals surface area contributed by atoms with Crippen LogP contribution in [0.5, 0.6) is 0 Å². The van der Waals surface area contributed by atoms with E-state index in [1.165, 1.54) is 5.56 Å². The van der Waals surface area contributed by atoms with E-state index in [0.29, 0.717) is 19.6 Å². The number of amides is 2. The smallest absolute Gasteiger partial charge is 0.253 e. The monoisotopic (exact) mass is 364 g/mol. The van der Waals surface area contributed by atoms with Gasteiger partial charge in [0.05, 0.1) is 0 Å². The van der Waals surface area contributed by atoms with Gasteiger partial charge < -0.3 is 9.80 Å². The van der Waals surface area contributed by atoms with Gasteiger partial charge in [-0.1, -0.05) is 36.4 Å². The van der Waals surface area contributed by atoms with Crippen molar-refractivity contribution in [1.82, 2.24) is 9.80 Å². The highest BCUT2D eigenvalue weighted by Crippen LogP contribution is 2.22. The summed E-state index contributed by atoms with van der Waals surface area (Å²) in [5.41, 5.74) is 4.20. The lowest BCUT2D eigenvalue weighted by atomic mass is 9.94. The molecule has 142 valence electrons. The van der Waals surface area contributed by atoms with Crippen molar-refractivity contribution in [2.45, 2.75) is 33.2 Å². The van der Waals surface area contributed by atoms with Crippen LogP contribution in [0.4, 0.5) is 0 Å². The molecule has 0 radical (unpaired) electrons. The molecule has 0 atom stereocenters. The van der Waals surface area contributed by atoms with Crippen molar-refractivity contribution in [2.75, 3.05) is 20.1 Å². The number of likely N-dealkylation sites (tertiary alicyclic amines) is 1. The van der Waals surface area contributed by atoms with Crippen molar-refractivity contribution >= 4 is 11.8 Å². The molecule has 2 aromatic carbocycles. The van der Waals surface area contributed by atoms with Gasteiger partial charge in [0, 0.05) is 38.2 Å². The number of benzene rings is 2. The number of piperidine rings is 1. The Bertz CT molecular complexity index is 808. The Morgan fingerprint density at radius 2 is 1.67 bits per heavy atom. The normalized spacial score (nSPS) is 14.9. The third-order valence-corrected chi connectivity index (χ3v) is 5.52. The van der Waals surface area contributed by atoms with Gasteiger partial charge in [-0.15, -0.1) is 0 Å². The second-order valence-electron chi connectivity index (χ2n) is 7.55. The molecule has 0 saturated carbocycles. The lowest BCUT2D eigenvalue weighted by Crippen LogP contribution is -2.43. The standard InChI is InChI=1S/C23H28N2O2/c1-17-9-10-21(15-18(17)2)23(27)25-13-11-20(12-14-25)22(26)24(3)16-19-7-5-4-6-8-19/h4-10,15,20H,11-14,16H2,1-3H3. The first-order chi connectivity index (χ1) is 13.0. The number of rotatable bonds is 4. The minimum atomic E-state index is 0.00233. The summed E-state index contributed by atoms with van der Waals surface area (Å²) < 4.78 is 0. The van der Waals surface area contributed by atoms with E-state index in [0.717, 1.165) is 29.5 Å². The Hall–Kier alpha value is -2.62. The molecule has 1 fully saturated rings. The quantitative estimate of drug-likeness (QED) is 0.828. The lowest BCUT2D eigenvalue weighted by Gasteiger charge is -2.33. The first kappa shape index (κ1) is 19.2. The van der Waals surface area contributed by atoms with Gasteiger partial charge in [-0.3, -0.25) is 9.59 Å². The van der Waals surface area contributed by atoms with E-state index < -0.39 is 0 Å². The minimum absolute atomic E-state index is 0.00233. The van der Waals surface area contributed by atoms with Gasteiger partial charge in [-0.05, 0) is 55.5 Å². The molecule has 0 N–H and O–H groups in total. The van der Waals surface area contributed by atoms with Gasteiger partial charge in [0.15, 0.2) is 0 Å². The summed E-state index contributed by atoms with van der Waals surface area (Å²) in [5, 5.41) is 0. The first-order valence-corrected chi connectivity index (χ1v) is 9.61. The molecule has 1 heterocycles. The second-order valence-corrected chi connectivity index (χ2v) is 7.55. The van der Waals surface area contributed by atoms with Crippen LogP contribution in [-0.4, -0.2) is 41.8 Å². The van der Waals surface area contributed by atoms with Gasteiger partial charge in [0.2, 0.25) is 5.91 Å². The van der Waals surface area contributed by atoms with Crippen molar-refractivity contribution in [3.63, 3.8) is 0 Å². The molecule has 0 spiro atoms. The second kappa shape index (κ2) is 8.38. The third kappa shape index (κ3) is 4.57. The summed E-state index contributed by atoms with van der Waals surface area (Å²) in [4.78, 5) is 29.2. The van der Waals surface area contributed by atoms with Gasteiger partial charge >= 0.3 is 0 Å². The van der Waals surface area contributed by atoms with Gasteiger partial charge in [0.25, 0.3) is 5.91 Å². The molecular weight excluding hydrogens is 336 g/mol. The SMILES string of the molecule is Cc1ccc(C(=O)N2CCC(C(=O)N(C)Cc3ccccc3)CC2)cc1C. The Morgan fingerprint density at radius 1 is 1.00 bits per heavy atom. The summed E-state index contributed by atoms with van der Waals surface area (Å²) in [6.07, 6.45) is 1.46. The lowest BCUT2D eigenvalue weighted by molar-refractivity contribution is -0.136. The van der Waals surface area contributed by atoms with Crippen LogP contribution < -0.4 is 0 Å². The van der Waals surface area contributed by atoms with E-state index >= 15 is 0 Å². The van der Waals surface area contributed by atoms with Crippen molar-refractivity contribution in [2.24, 2.45) is 5.92 Å². The fourth-order valence-corrected chi connectivity index (χ4v) is 3.63. The van der Waals surface area contributed by atoms with Crippen LogP contribution in [0.1, 0.15) is 39.9 Å². The highest BCUT2D eigenvalue weighted by molar-refractivity contribution is 5.94. The number of hydrogen-bond donors (Lipinski definition) is 0. The van der Waals surface area contributed by atoms with Crippen molar-refractivity contribution in [1.29, 1.82) is 0 Å². The van der Waals surface area contributed by atoms with Crippen LogP contribution in [0.25, 0.3) is 0 Å². The maximum atomic E-state index is 12.8. The highest BCUT2D eigenvalue weighted by atomic mass is 16.2. The molecule has 3 rings (SSSR count). The zero-order chi connectivity index (χ0) is 19.4. The average Bonchev–Trinajstić information content (AvgIpc) is 2.70. The van der Waals surface area contributed by atoms with Crippen LogP contribution >= 0.6 is 0 Å². The predicted octanol–water partition coefficient (Wildman–Crippen LogP) is 3.81. The molecule has 0 aliphatic carbocycles. The summed E-state index contributed by atoms with van der Waals surface area (Å²) in [7, 11) is 1.86. The van der Waals surface area contributed by atoms with Crippen LogP contribution in [0.3, 0.4) is 0 Å². The zero-order valence-corrected chi connectivity index (χ0v) is 16.4. The van der Waals surface area contributed by atoms with Crippen molar-refractivity contribution < 1.29 is 9.59 Å². The van der Waals surface area contributed by atoms with Crippen LogP contribution in [0.2, 0.25) is 0 Å². The maximum Gasteiger partial charge on any atom is 0.253 e. The first-order valence-electron chi connectivity index (χ1n) is 9.61. The van der Waals surface area contributed by atoms with E-state index in [1.807, 2.05) is 74.3 Å².